The second kappa shape index (κ2) is 6.01. The molecule has 106 valence electrons. The minimum atomic E-state index is -0.873. The van der Waals surface area contributed by atoms with E-state index in [1.807, 2.05) is 19.1 Å². The van der Waals surface area contributed by atoms with Crippen LogP contribution in [0.1, 0.15) is 24.2 Å². The molecule has 0 aliphatic carbocycles. The summed E-state index contributed by atoms with van der Waals surface area (Å²) in [6.45, 7) is 3.60. The van der Waals surface area contributed by atoms with Crippen LogP contribution in [0.5, 0.6) is 5.75 Å². The molecule has 0 amide bonds. The number of rotatable bonds is 4. The molecule has 1 N–H and O–H groups in total. The van der Waals surface area contributed by atoms with Gasteiger partial charge in [-0.3, -0.25) is 0 Å². The summed E-state index contributed by atoms with van der Waals surface area (Å²) in [5.74, 6) is -1.37. The van der Waals surface area contributed by atoms with E-state index in [1.165, 1.54) is 0 Å². The molecular weight excluding hydrogens is 262 g/mol. The lowest BCUT2D eigenvalue weighted by atomic mass is 10.0. The second-order valence-corrected chi connectivity index (χ2v) is 4.78. The van der Waals surface area contributed by atoms with Gasteiger partial charge in [-0.05, 0) is 19.4 Å². The fourth-order valence-electron chi connectivity index (χ4n) is 1.91. The standard InChI is InChI=1S/C16H16F2O2/c1-10-3-5-12(6-4-10)16(19)11(2)20-15-8-13(17)7-14(18)9-15/h3-9,11,16,19H,1-2H3. The Kier molecular flexibility index (Phi) is 4.35. The Labute approximate surface area is 116 Å². The number of aryl methyl sites for hydroxylation is 1. The molecule has 0 aliphatic heterocycles. The average molecular weight is 278 g/mol. The Morgan fingerprint density at radius 2 is 1.55 bits per heavy atom. The van der Waals surface area contributed by atoms with Crippen molar-refractivity contribution < 1.29 is 18.6 Å². The van der Waals surface area contributed by atoms with Crippen LogP contribution in [0.25, 0.3) is 0 Å². The van der Waals surface area contributed by atoms with E-state index in [1.54, 1.807) is 19.1 Å². The minimum Gasteiger partial charge on any atom is -0.487 e. The van der Waals surface area contributed by atoms with E-state index in [0.29, 0.717) is 5.56 Å². The molecule has 0 saturated heterocycles. The van der Waals surface area contributed by atoms with E-state index in [9.17, 15) is 13.9 Å². The van der Waals surface area contributed by atoms with E-state index in [4.69, 9.17) is 4.74 Å². The molecular formula is C16H16F2O2. The summed E-state index contributed by atoms with van der Waals surface area (Å²) < 4.78 is 31.5. The highest BCUT2D eigenvalue weighted by atomic mass is 19.1. The SMILES string of the molecule is Cc1ccc(C(O)C(C)Oc2cc(F)cc(F)c2)cc1. The molecule has 2 nitrogen and oxygen atoms in total. The van der Waals surface area contributed by atoms with Crippen molar-refractivity contribution in [1.82, 2.24) is 0 Å². The van der Waals surface area contributed by atoms with Crippen molar-refractivity contribution >= 4 is 0 Å². The molecule has 20 heavy (non-hydrogen) atoms. The van der Waals surface area contributed by atoms with Crippen LogP contribution in [0, 0.1) is 18.6 Å². The zero-order valence-corrected chi connectivity index (χ0v) is 11.3. The molecule has 0 heterocycles. The van der Waals surface area contributed by atoms with Gasteiger partial charge in [0.25, 0.3) is 0 Å². The van der Waals surface area contributed by atoms with Crippen LogP contribution >= 0.6 is 0 Å². The Morgan fingerprint density at radius 3 is 2.10 bits per heavy atom. The zero-order chi connectivity index (χ0) is 14.7. The Hall–Kier alpha value is -1.94. The zero-order valence-electron chi connectivity index (χ0n) is 11.3. The van der Waals surface area contributed by atoms with Crippen LogP contribution in [0.15, 0.2) is 42.5 Å². The van der Waals surface area contributed by atoms with Gasteiger partial charge in [-0.2, -0.15) is 0 Å². The minimum absolute atomic E-state index is 0.0566. The van der Waals surface area contributed by atoms with E-state index >= 15 is 0 Å². The van der Waals surface area contributed by atoms with Crippen LogP contribution in [0.2, 0.25) is 0 Å². The third kappa shape index (κ3) is 3.54. The number of ether oxygens (including phenoxy) is 1. The molecule has 2 atom stereocenters. The maximum absolute atomic E-state index is 13.1. The summed E-state index contributed by atoms with van der Waals surface area (Å²) in [5, 5.41) is 10.2. The smallest absolute Gasteiger partial charge is 0.129 e. The highest BCUT2D eigenvalue weighted by molar-refractivity contribution is 5.26. The number of hydrogen-bond donors (Lipinski definition) is 1. The molecule has 0 saturated carbocycles. The predicted octanol–water partition coefficient (Wildman–Crippen LogP) is 3.77. The largest absolute Gasteiger partial charge is 0.487 e. The third-order valence-electron chi connectivity index (χ3n) is 3.02. The molecule has 2 rings (SSSR count). The third-order valence-corrected chi connectivity index (χ3v) is 3.02. The summed E-state index contributed by atoms with van der Waals surface area (Å²) in [6, 6.07) is 10.3. The van der Waals surface area contributed by atoms with Gasteiger partial charge in [0.2, 0.25) is 0 Å². The Morgan fingerprint density at radius 1 is 1.00 bits per heavy atom. The predicted molar refractivity (Wildman–Crippen MR) is 72.6 cm³/mol. The summed E-state index contributed by atoms with van der Waals surface area (Å²) in [6.07, 6.45) is -1.50. The molecule has 0 bridgehead atoms. The number of aliphatic hydroxyl groups excluding tert-OH is 1. The van der Waals surface area contributed by atoms with E-state index in [2.05, 4.69) is 0 Å². The lowest BCUT2D eigenvalue weighted by Gasteiger charge is -2.21. The van der Waals surface area contributed by atoms with Gasteiger partial charge in [0.15, 0.2) is 0 Å². The number of hydrogen-bond acceptors (Lipinski definition) is 2. The molecule has 0 fully saturated rings. The quantitative estimate of drug-likeness (QED) is 0.922. The van der Waals surface area contributed by atoms with Crippen molar-refractivity contribution in [1.29, 1.82) is 0 Å². The van der Waals surface area contributed by atoms with Gasteiger partial charge in [-0.1, -0.05) is 29.8 Å². The van der Waals surface area contributed by atoms with Crippen LogP contribution in [0.4, 0.5) is 8.78 Å². The molecule has 2 aromatic carbocycles. The van der Waals surface area contributed by atoms with Gasteiger partial charge in [-0.15, -0.1) is 0 Å². The van der Waals surface area contributed by atoms with Gasteiger partial charge in [0, 0.05) is 18.2 Å². The van der Waals surface area contributed by atoms with Gasteiger partial charge in [0.1, 0.15) is 29.6 Å². The van der Waals surface area contributed by atoms with Crippen molar-refractivity contribution in [3.05, 3.63) is 65.2 Å². The average Bonchev–Trinajstić information content (AvgIpc) is 2.37. The van der Waals surface area contributed by atoms with E-state index in [0.717, 1.165) is 23.8 Å². The molecule has 4 heteroatoms. The van der Waals surface area contributed by atoms with Crippen LogP contribution in [-0.2, 0) is 0 Å². The number of aliphatic hydroxyl groups is 1. The normalized spacial score (nSPS) is 13.8. The van der Waals surface area contributed by atoms with Gasteiger partial charge >= 0.3 is 0 Å². The topological polar surface area (TPSA) is 29.5 Å². The monoisotopic (exact) mass is 278 g/mol. The molecule has 2 unspecified atom stereocenters. The lowest BCUT2D eigenvalue weighted by molar-refractivity contribution is 0.0464. The molecule has 0 aromatic heterocycles. The van der Waals surface area contributed by atoms with Crippen molar-refractivity contribution in [3.63, 3.8) is 0 Å². The Bertz CT molecular complexity index is 561. The van der Waals surface area contributed by atoms with Crippen molar-refractivity contribution in [3.8, 4) is 5.75 Å². The lowest BCUT2D eigenvalue weighted by Crippen LogP contribution is -2.21. The molecule has 0 spiro atoms. The first-order valence-corrected chi connectivity index (χ1v) is 6.33. The maximum atomic E-state index is 13.1. The van der Waals surface area contributed by atoms with Gasteiger partial charge in [0.05, 0.1) is 0 Å². The molecule has 0 aliphatic rings. The second-order valence-electron chi connectivity index (χ2n) is 4.78. The van der Waals surface area contributed by atoms with E-state index in [-0.39, 0.29) is 5.75 Å². The van der Waals surface area contributed by atoms with Crippen molar-refractivity contribution in [2.24, 2.45) is 0 Å². The summed E-state index contributed by atoms with van der Waals surface area (Å²) >= 11 is 0. The maximum Gasteiger partial charge on any atom is 0.129 e. The Balaban J connectivity index is 2.10. The van der Waals surface area contributed by atoms with Crippen LogP contribution in [-0.4, -0.2) is 11.2 Å². The van der Waals surface area contributed by atoms with Crippen molar-refractivity contribution in [2.45, 2.75) is 26.1 Å². The summed E-state index contributed by atoms with van der Waals surface area (Å²) in [4.78, 5) is 0. The summed E-state index contributed by atoms with van der Waals surface area (Å²) in [5.41, 5.74) is 1.78. The highest BCUT2D eigenvalue weighted by Crippen LogP contribution is 2.23. The van der Waals surface area contributed by atoms with Crippen LogP contribution in [0.3, 0.4) is 0 Å². The summed E-state index contributed by atoms with van der Waals surface area (Å²) in [7, 11) is 0. The van der Waals surface area contributed by atoms with E-state index < -0.39 is 23.8 Å². The fourth-order valence-corrected chi connectivity index (χ4v) is 1.91. The van der Waals surface area contributed by atoms with Gasteiger partial charge in [-0.25, -0.2) is 8.78 Å². The fraction of sp³-hybridized carbons (Fsp3) is 0.250. The highest BCUT2D eigenvalue weighted by Gasteiger charge is 2.18. The molecule has 2 aromatic rings. The van der Waals surface area contributed by atoms with Crippen LogP contribution < -0.4 is 4.74 Å². The number of benzene rings is 2. The first-order chi connectivity index (χ1) is 9.45. The molecule has 0 radical (unpaired) electrons. The first kappa shape index (κ1) is 14.5. The van der Waals surface area contributed by atoms with Crippen molar-refractivity contribution in [2.75, 3.05) is 0 Å². The first-order valence-electron chi connectivity index (χ1n) is 6.33. The number of halogens is 2. The van der Waals surface area contributed by atoms with Gasteiger partial charge < -0.3 is 9.84 Å².